The Morgan fingerprint density at radius 2 is 1.73 bits per heavy atom. The Kier molecular flexibility index (Phi) is 9.47. The maximum Gasteiger partial charge on any atom is 0.254 e. The molecule has 0 saturated carbocycles. The van der Waals surface area contributed by atoms with Gasteiger partial charge in [0.15, 0.2) is 0 Å². The summed E-state index contributed by atoms with van der Waals surface area (Å²) in [4.78, 5) is 20.1. The number of carbonyl (C=O) groups excluding carboxylic acids is 1. The van der Waals surface area contributed by atoms with Crippen LogP contribution in [0, 0.1) is 0 Å². The second-order valence-corrected chi connectivity index (χ2v) is 8.76. The van der Waals surface area contributed by atoms with Gasteiger partial charge in [-0.15, -0.1) is 0 Å². The van der Waals surface area contributed by atoms with Gasteiger partial charge in [0.05, 0.1) is 6.61 Å². The summed E-state index contributed by atoms with van der Waals surface area (Å²) in [5, 5.41) is 0. The fourth-order valence-corrected chi connectivity index (χ4v) is 4.76. The average molecular weight is 416 g/mol. The maximum absolute atomic E-state index is 13.0. The molecule has 1 aromatic rings. The van der Waals surface area contributed by atoms with E-state index in [1.807, 2.05) is 24.3 Å². The van der Waals surface area contributed by atoms with Gasteiger partial charge in [0.1, 0.15) is 5.75 Å². The molecule has 5 heteroatoms. The molecule has 5 nitrogen and oxygen atoms in total. The Hall–Kier alpha value is -1.59. The molecule has 2 heterocycles. The summed E-state index contributed by atoms with van der Waals surface area (Å²) in [6.45, 7) is 13.0. The third-order valence-electron chi connectivity index (χ3n) is 6.69. The SMILES string of the molecule is CCN(CC)CCCCCOc1ccc(C(=O)N2CCC[C@H]2CN2CCCC2)cc1. The van der Waals surface area contributed by atoms with E-state index in [9.17, 15) is 4.79 Å². The van der Waals surface area contributed by atoms with E-state index in [2.05, 4.69) is 28.5 Å². The fraction of sp³-hybridized carbons (Fsp3) is 0.720. The molecular weight excluding hydrogens is 374 g/mol. The van der Waals surface area contributed by atoms with Crippen molar-refractivity contribution >= 4 is 5.91 Å². The monoisotopic (exact) mass is 415 g/mol. The van der Waals surface area contributed by atoms with Gasteiger partial charge in [-0.25, -0.2) is 0 Å². The molecular formula is C25H41N3O2. The number of rotatable bonds is 12. The third-order valence-corrected chi connectivity index (χ3v) is 6.69. The maximum atomic E-state index is 13.0. The molecule has 3 rings (SSSR count). The normalized spacial score (nSPS) is 19.7. The minimum atomic E-state index is 0.180. The van der Waals surface area contributed by atoms with Crippen molar-refractivity contribution in [1.82, 2.24) is 14.7 Å². The Morgan fingerprint density at radius 1 is 1.00 bits per heavy atom. The van der Waals surface area contributed by atoms with Gasteiger partial charge in [0.2, 0.25) is 0 Å². The van der Waals surface area contributed by atoms with Crippen LogP contribution in [0.25, 0.3) is 0 Å². The minimum absolute atomic E-state index is 0.180. The number of nitrogens with zero attached hydrogens (tertiary/aromatic N) is 3. The molecule has 2 aliphatic rings. The minimum Gasteiger partial charge on any atom is -0.494 e. The molecule has 0 radical (unpaired) electrons. The Labute approximate surface area is 183 Å². The van der Waals surface area contributed by atoms with Crippen molar-refractivity contribution in [3.63, 3.8) is 0 Å². The lowest BCUT2D eigenvalue weighted by Crippen LogP contribution is -2.42. The molecule has 0 aliphatic carbocycles. The van der Waals surface area contributed by atoms with Gasteiger partial charge >= 0.3 is 0 Å². The van der Waals surface area contributed by atoms with Crippen LogP contribution in [0.5, 0.6) is 5.75 Å². The molecule has 168 valence electrons. The third kappa shape index (κ3) is 6.71. The number of amides is 1. The second-order valence-electron chi connectivity index (χ2n) is 8.76. The van der Waals surface area contributed by atoms with Crippen molar-refractivity contribution < 1.29 is 9.53 Å². The van der Waals surface area contributed by atoms with Gasteiger partial charge in [-0.3, -0.25) is 4.79 Å². The first kappa shape index (κ1) is 23.1. The highest BCUT2D eigenvalue weighted by atomic mass is 16.5. The average Bonchev–Trinajstić information content (AvgIpc) is 3.46. The number of unbranched alkanes of at least 4 members (excludes halogenated alkanes) is 2. The second kappa shape index (κ2) is 12.3. The predicted molar refractivity (Wildman–Crippen MR) is 123 cm³/mol. The number of hydrogen-bond donors (Lipinski definition) is 0. The first-order chi connectivity index (χ1) is 14.7. The van der Waals surface area contributed by atoms with Crippen LogP contribution < -0.4 is 4.74 Å². The highest BCUT2D eigenvalue weighted by Gasteiger charge is 2.31. The molecule has 1 aromatic carbocycles. The molecule has 0 aromatic heterocycles. The molecule has 2 aliphatic heterocycles. The van der Waals surface area contributed by atoms with E-state index in [1.54, 1.807) is 0 Å². The van der Waals surface area contributed by atoms with Crippen LogP contribution in [0.2, 0.25) is 0 Å². The Morgan fingerprint density at radius 3 is 2.43 bits per heavy atom. The largest absolute Gasteiger partial charge is 0.494 e. The van der Waals surface area contributed by atoms with Crippen LogP contribution in [-0.4, -0.2) is 79.1 Å². The van der Waals surface area contributed by atoms with Gasteiger partial charge < -0.3 is 19.4 Å². The highest BCUT2D eigenvalue weighted by molar-refractivity contribution is 5.94. The van der Waals surface area contributed by atoms with Gasteiger partial charge in [0.25, 0.3) is 5.91 Å². The van der Waals surface area contributed by atoms with E-state index < -0.39 is 0 Å². The van der Waals surface area contributed by atoms with Crippen LogP contribution in [0.15, 0.2) is 24.3 Å². The molecule has 2 fully saturated rings. The first-order valence-corrected chi connectivity index (χ1v) is 12.2. The lowest BCUT2D eigenvalue weighted by molar-refractivity contribution is 0.0708. The standard InChI is InChI=1S/C25H41N3O2/c1-3-26(4-2)16-6-5-9-20-30-24-14-12-22(13-15-24)25(29)28-19-10-11-23(28)21-27-17-7-8-18-27/h12-15,23H,3-11,16-21H2,1-2H3/t23-/m0/s1. The topological polar surface area (TPSA) is 36.0 Å². The molecule has 1 atom stereocenters. The number of benzene rings is 1. The van der Waals surface area contributed by atoms with Gasteiger partial charge in [-0.2, -0.15) is 0 Å². The quantitative estimate of drug-likeness (QED) is 0.478. The summed E-state index contributed by atoms with van der Waals surface area (Å²) in [7, 11) is 0. The Balaban J connectivity index is 1.39. The zero-order chi connectivity index (χ0) is 21.2. The summed E-state index contributed by atoms with van der Waals surface area (Å²) in [6.07, 6.45) is 8.37. The van der Waals surface area contributed by atoms with Crippen LogP contribution >= 0.6 is 0 Å². The van der Waals surface area contributed by atoms with Crippen molar-refractivity contribution in [3.05, 3.63) is 29.8 Å². The molecule has 0 unspecified atom stereocenters. The molecule has 0 bridgehead atoms. The fourth-order valence-electron chi connectivity index (χ4n) is 4.76. The smallest absolute Gasteiger partial charge is 0.254 e. The van der Waals surface area contributed by atoms with E-state index in [0.717, 1.165) is 63.4 Å². The highest BCUT2D eigenvalue weighted by Crippen LogP contribution is 2.23. The van der Waals surface area contributed by atoms with E-state index in [0.29, 0.717) is 6.04 Å². The molecule has 1 amide bonds. The van der Waals surface area contributed by atoms with Gasteiger partial charge in [-0.05, 0) is 102 Å². The van der Waals surface area contributed by atoms with Gasteiger partial charge in [-0.1, -0.05) is 13.8 Å². The predicted octanol–water partition coefficient (Wildman–Crippen LogP) is 4.28. The van der Waals surface area contributed by atoms with E-state index in [1.165, 1.54) is 45.3 Å². The number of likely N-dealkylation sites (tertiary alicyclic amines) is 2. The van der Waals surface area contributed by atoms with Crippen LogP contribution in [0.3, 0.4) is 0 Å². The summed E-state index contributed by atoms with van der Waals surface area (Å²) in [5.41, 5.74) is 0.787. The first-order valence-electron chi connectivity index (χ1n) is 12.2. The summed E-state index contributed by atoms with van der Waals surface area (Å²) >= 11 is 0. The van der Waals surface area contributed by atoms with E-state index >= 15 is 0 Å². The lowest BCUT2D eigenvalue weighted by Gasteiger charge is -2.28. The number of hydrogen-bond acceptors (Lipinski definition) is 4. The number of carbonyl (C=O) groups is 1. The zero-order valence-electron chi connectivity index (χ0n) is 19.2. The van der Waals surface area contributed by atoms with E-state index in [4.69, 9.17) is 4.74 Å². The molecule has 30 heavy (non-hydrogen) atoms. The van der Waals surface area contributed by atoms with Gasteiger partial charge in [0, 0.05) is 24.7 Å². The Bertz CT molecular complexity index is 624. The van der Waals surface area contributed by atoms with Crippen molar-refractivity contribution in [2.45, 2.75) is 64.8 Å². The summed E-state index contributed by atoms with van der Waals surface area (Å²) < 4.78 is 5.89. The van der Waals surface area contributed by atoms with Crippen LogP contribution in [0.4, 0.5) is 0 Å². The summed E-state index contributed by atoms with van der Waals surface area (Å²) in [5.74, 6) is 1.05. The van der Waals surface area contributed by atoms with Crippen molar-refractivity contribution in [3.8, 4) is 5.75 Å². The van der Waals surface area contributed by atoms with E-state index in [-0.39, 0.29) is 5.91 Å². The van der Waals surface area contributed by atoms with Crippen LogP contribution in [0.1, 0.15) is 69.2 Å². The van der Waals surface area contributed by atoms with Crippen molar-refractivity contribution in [2.24, 2.45) is 0 Å². The van der Waals surface area contributed by atoms with Crippen molar-refractivity contribution in [1.29, 1.82) is 0 Å². The van der Waals surface area contributed by atoms with Crippen LogP contribution in [-0.2, 0) is 0 Å². The lowest BCUT2D eigenvalue weighted by atomic mass is 10.1. The number of ether oxygens (including phenoxy) is 1. The zero-order valence-corrected chi connectivity index (χ0v) is 19.2. The van der Waals surface area contributed by atoms with Crippen molar-refractivity contribution in [2.75, 3.05) is 52.4 Å². The summed E-state index contributed by atoms with van der Waals surface area (Å²) in [6, 6.07) is 8.15. The molecule has 0 spiro atoms. The molecule has 0 N–H and O–H groups in total. The molecule has 2 saturated heterocycles.